The van der Waals surface area contributed by atoms with Crippen molar-refractivity contribution in [2.45, 2.75) is 18.9 Å². The Labute approximate surface area is 98.0 Å². The maximum atomic E-state index is 12.6. The molecule has 0 aliphatic heterocycles. The summed E-state index contributed by atoms with van der Waals surface area (Å²) in [7, 11) is 0. The van der Waals surface area contributed by atoms with Crippen LogP contribution < -0.4 is 10.6 Å². The molecule has 1 fully saturated rings. The number of carbonyl (C=O) groups is 1. The number of hydrogen-bond acceptors (Lipinski definition) is 2. The van der Waals surface area contributed by atoms with Crippen LogP contribution in [0.25, 0.3) is 0 Å². The van der Waals surface area contributed by atoms with Gasteiger partial charge in [0.05, 0.1) is 0 Å². The zero-order valence-electron chi connectivity index (χ0n) is 8.50. The number of amides is 1. The SMILES string of the molecule is O=C(Nc1ccc(F)cc1)C(=S)NC1CC1. The van der Waals surface area contributed by atoms with Crippen LogP contribution in [-0.2, 0) is 4.79 Å². The summed E-state index contributed by atoms with van der Waals surface area (Å²) in [5.41, 5.74) is 0.534. The lowest BCUT2D eigenvalue weighted by Crippen LogP contribution is -2.35. The lowest BCUT2D eigenvalue weighted by atomic mass is 10.3. The first-order valence-electron chi connectivity index (χ1n) is 5.02. The Morgan fingerprint density at radius 2 is 1.94 bits per heavy atom. The molecule has 0 unspecified atom stereocenters. The Hall–Kier alpha value is -1.49. The summed E-state index contributed by atoms with van der Waals surface area (Å²) in [6, 6.07) is 5.91. The molecule has 0 heterocycles. The minimum absolute atomic E-state index is 0.187. The van der Waals surface area contributed by atoms with Gasteiger partial charge in [0.25, 0.3) is 5.91 Å². The van der Waals surface area contributed by atoms with Crippen molar-refractivity contribution in [2.24, 2.45) is 0 Å². The topological polar surface area (TPSA) is 41.1 Å². The molecular formula is C11H11FN2OS. The molecule has 0 radical (unpaired) electrons. The highest BCUT2D eigenvalue weighted by atomic mass is 32.1. The monoisotopic (exact) mass is 238 g/mol. The molecule has 0 atom stereocenters. The molecule has 1 aromatic rings. The molecule has 16 heavy (non-hydrogen) atoms. The second kappa shape index (κ2) is 4.57. The van der Waals surface area contributed by atoms with Gasteiger partial charge in [-0.15, -0.1) is 0 Å². The number of nitrogens with one attached hydrogen (secondary N) is 2. The Morgan fingerprint density at radius 3 is 2.50 bits per heavy atom. The van der Waals surface area contributed by atoms with E-state index in [-0.39, 0.29) is 16.7 Å². The number of thiocarbonyl (C=S) groups is 1. The highest BCUT2D eigenvalue weighted by Gasteiger charge is 2.24. The van der Waals surface area contributed by atoms with Crippen molar-refractivity contribution in [1.29, 1.82) is 0 Å². The fourth-order valence-corrected chi connectivity index (χ4v) is 1.42. The van der Waals surface area contributed by atoms with Crippen LogP contribution in [0.3, 0.4) is 0 Å². The summed E-state index contributed by atoms with van der Waals surface area (Å²) >= 11 is 4.92. The minimum atomic E-state index is -0.353. The van der Waals surface area contributed by atoms with E-state index in [2.05, 4.69) is 10.6 Å². The highest BCUT2D eigenvalue weighted by Crippen LogP contribution is 2.18. The fourth-order valence-electron chi connectivity index (χ4n) is 1.20. The quantitative estimate of drug-likeness (QED) is 0.772. The Bertz CT molecular complexity index is 414. The van der Waals surface area contributed by atoms with Gasteiger partial charge in [0, 0.05) is 11.7 Å². The molecule has 0 bridgehead atoms. The summed E-state index contributed by atoms with van der Waals surface area (Å²) in [6.45, 7) is 0. The van der Waals surface area contributed by atoms with Crippen molar-refractivity contribution in [2.75, 3.05) is 5.32 Å². The third kappa shape index (κ3) is 3.00. The van der Waals surface area contributed by atoms with Gasteiger partial charge in [-0.25, -0.2) is 4.39 Å². The van der Waals surface area contributed by atoms with Crippen molar-refractivity contribution in [3.05, 3.63) is 30.1 Å². The smallest absolute Gasteiger partial charge is 0.283 e. The van der Waals surface area contributed by atoms with Crippen LogP contribution in [0.5, 0.6) is 0 Å². The second-order valence-corrected chi connectivity index (χ2v) is 4.12. The molecule has 1 aromatic carbocycles. The number of anilines is 1. The summed E-state index contributed by atoms with van der Waals surface area (Å²) in [6.07, 6.45) is 2.12. The third-order valence-electron chi connectivity index (χ3n) is 2.22. The Balaban J connectivity index is 1.90. The summed E-state index contributed by atoms with van der Waals surface area (Å²) in [4.78, 5) is 11.7. The van der Waals surface area contributed by atoms with E-state index < -0.39 is 0 Å². The van der Waals surface area contributed by atoms with E-state index in [4.69, 9.17) is 12.2 Å². The Morgan fingerprint density at radius 1 is 1.31 bits per heavy atom. The molecular weight excluding hydrogens is 227 g/mol. The van der Waals surface area contributed by atoms with Crippen LogP contribution in [0.2, 0.25) is 0 Å². The van der Waals surface area contributed by atoms with Crippen LogP contribution >= 0.6 is 12.2 Å². The molecule has 0 aromatic heterocycles. The predicted octanol–water partition coefficient (Wildman–Crippen LogP) is 1.84. The molecule has 3 nitrogen and oxygen atoms in total. The molecule has 1 amide bonds. The molecule has 0 saturated heterocycles. The van der Waals surface area contributed by atoms with E-state index in [1.807, 2.05) is 0 Å². The molecule has 0 spiro atoms. The molecule has 1 aliphatic carbocycles. The van der Waals surface area contributed by atoms with Gasteiger partial charge in [-0.05, 0) is 37.1 Å². The van der Waals surface area contributed by atoms with Crippen molar-refractivity contribution in [3.63, 3.8) is 0 Å². The van der Waals surface area contributed by atoms with E-state index in [1.54, 1.807) is 0 Å². The standard InChI is InChI=1S/C11H11FN2OS/c12-7-1-3-8(4-2-7)13-10(15)11(16)14-9-5-6-9/h1-4,9H,5-6H2,(H,13,15)(H,14,16). The van der Waals surface area contributed by atoms with Crippen LogP contribution in [0.15, 0.2) is 24.3 Å². The van der Waals surface area contributed by atoms with Crippen LogP contribution in [0.4, 0.5) is 10.1 Å². The number of carbonyl (C=O) groups excluding carboxylic acids is 1. The third-order valence-corrected chi connectivity index (χ3v) is 2.52. The van der Waals surface area contributed by atoms with Crippen LogP contribution in [0, 0.1) is 5.82 Å². The lowest BCUT2D eigenvalue weighted by Gasteiger charge is -2.07. The molecule has 1 saturated carbocycles. The molecule has 1 aliphatic rings. The normalized spacial score (nSPS) is 14.3. The number of halogens is 1. The highest BCUT2D eigenvalue weighted by molar-refractivity contribution is 7.82. The molecule has 2 N–H and O–H groups in total. The minimum Gasteiger partial charge on any atom is -0.369 e. The first kappa shape index (κ1) is 11.0. The van der Waals surface area contributed by atoms with E-state index in [1.165, 1.54) is 24.3 Å². The largest absolute Gasteiger partial charge is 0.369 e. The van der Waals surface area contributed by atoms with E-state index in [0.29, 0.717) is 11.7 Å². The average molecular weight is 238 g/mol. The molecule has 5 heteroatoms. The lowest BCUT2D eigenvalue weighted by molar-refractivity contribution is -0.110. The zero-order valence-corrected chi connectivity index (χ0v) is 9.31. The number of rotatable bonds is 2. The Kier molecular flexibility index (Phi) is 3.14. The van der Waals surface area contributed by atoms with Crippen molar-refractivity contribution in [3.8, 4) is 0 Å². The average Bonchev–Trinajstić information content (AvgIpc) is 3.05. The predicted molar refractivity (Wildman–Crippen MR) is 63.8 cm³/mol. The van der Waals surface area contributed by atoms with Crippen LogP contribution in [-0.4, -0.2) is 16.9 Å². The summed E-state index contributed by atoms with van der Waals surface area (Å²) in [5.74, 6) is -0.690. The van der Waals surface area contributed by atoms with Gasteiger partial charge >= 0.3 is 0 Å². The summed E-state index contributed by atoms with van der Waals surface area (Å²) < 4.78 is 12.6. The molecule has 2 rings (SSSR count). The number of hydrogen-bond donors (Lipinski definition) is 2. The zero-order chi connectivity index (χ0) is 11.5. The van der Waals surface area contributed by atoms with Gasteiger partial charge < -0.3 is 10.6 Å². The van der Waals surface area contributed by atoms with Gasteiger partial charge in [-0.1, -0.05) is 12.2 Å². The second-order valence-electron chi connectivity index (χ2n) is 3.71. The van der Waals surface area contributed by atoms with E-state index >= 15 is 0 Å². The van der Waals surface area contributed by atoms with Gasteiger partial charge in [0.15, 0.2) is 4.99 Å². The maximum absolute atomic E-state index is 12.6. The van der Waals surface area contributed by atoms with Crippen molar-refractivity contribution >= 4 is 28.8 Å². The van der Waals surface area contributed by atoms with Crippen molar-refractivity contribution < 1.29 is 9.18 Å². The van der Waals surface area contributed by atoms with Gasteiger partial charge in [0.1, 0.15) is 5.82 Å². The first-order valence-corrected chi connectivity index (χ1v) is 5.43. The van der Waals surface area contributed by atoms with Crippen molar-refractivity contribution in [1.82, 2.24) is 5.32 Å². The van der Waals surface area contributed by atoms with Gasteiger partial charge in [-0.2, -0.15) is 0 Å². The van der Waals surface area contributed by atoms with Gasteiger partial charge in [-0.3, -0.25) is 4.79 Å². The van der Waals surface area contributed by atoms with Gasteiger partial charge in [0.2, 0.25) is 0 Å². The molecule has 84 valence electrons. The maximum Gasteiger partial charge on any atom is 0.283 e. The summed E-state index contributed by atoms with van der Waals surface area (Å²) in [5, 5.41) is 5.52. The first-order chi connectivity index (χ1) is 7.65. The fraction of sp³-hybridized carbons (Fsp3) is 0.273. The number of benzene rings is 1. The van der Waals surface area contributed by atoms with E-state index in [0.717, 1.165) is 12.8 Å². The van der Waals surface area contributed by atoms with E-state index in [9.17, 15) is 9.18 Å². The van der Waals surface area contributed by atoms with Crippen LogP contribution in [0.1, 0.15) is 12.8 Å².